The number of aliphatic hydroxyl groups is 1. The van der Waals surface area contributed by atoms with Crippen LogP contribution in [0.25, 0.3) is 10.1 Å². The lowest BCUT2D eigenvalue weighted by Crippen LogP contribution is -2.13. The van der Waals surface area contributed by atoms with Gasteiger partial charge in [-0.1, -0.05) is 12.1 Å². The molecule has 0 fully saturated rings. The van der Waals surface area contributed by atoms with E-state index in [1.807, 2.05) is 29.6 Å². The second-order valence-electron chi connectivity index (χ2n) is 4.56. The van der Waals surface area contributed by atoms with Crippen molar-refractivity contribution in [3.63, 3.8) is 0 Å². The summed E-state index contributed by atoms with van der Waals surface area (Å²) in [6, 6.07) is 11.3. The molecule has 0 saturated carbocycles. The van der Waals surface area contributed by atoms with Crippen LogP contribution in [0.5, 0.6) is 0 Å². The van der Waals surface area contributed by atoms with E-state index in [0.29, 0.717) is 12.2 Å². The van der Waals surface area contributed by atoms with Crippen LogP contribution in [0.1, 0.15) is 11.7 Å². The Labute approximate surface area is 120 Å². The third-order valence-electron chi connectivity index (χ3n) is 3.16. The average Bonchev–Trinajstić information content (AvgIpc) is 2.94. The van der Waals surface area contributed by atoms with Crippen LogP contribution in [-0.4, -0.2) is 16.6 Å². The Morgan fingerprint density at radius 1 is 1.20 bits per heavy atom. The first kappa shape index (κ1) is 12.9. The summed E-state index contributed by atoms with van der Waals surface area (Å²) in [7, 11) is 0. The molecule has 0 aliphatic heterocycles. The molecule has 0 saturated heterocycles. The van der Waals surface area contributed by atoms with Crippen molar-refractivity contribution in [3.05, 3.63) is 53.5 Å². The second kappa shape index (κ2) is 5.48. The Morgan fingerprint density at radius 2 is 2.00 bits per heavy atom. The first-order valence-electron chi connectivity index (χ1n) is 6.33. The van der Waals surface area contributed by atoms with Crippen molar-refractivity contribution < 1.29 is 5.11 Å². The van der Waals surface area contributed by atoms with Crippen molar-refractivity contribution in [1.82, 2.24) is 4.98 Å². The number of aliphatic hydroxyl groups excluding tert-OH is 1. The third kappa shape index (κ3) is 2.59. The topological polar surface area (TPSA) is 71.2 Å². The van der Waals surface area contributed by atoms with Gasteiger partial charge in [0.15, 0.2) is 0 Å². The number of nitrogens with two attached hydrogens (primary N) is 1. The molecule has 3 rings (SSSR count). The summed E-state index contributed by atoms with van der Waals surface area (Å²) < 4.78 is 1.18. The molecule has 0 radical (unpaired) electrons. The minimum absolute atomic E-state index is 0.409. The number of hydrogen-bond acceptors (Lipinski definition) is 5. The first-order valence-corrected chi connectivity index (χ1v) is 7.21. The molecule has 3 aromatic rings. The largest absolute Gasteiger partial charge is 0.399 e. The molecule has 1 unspecified atom stereocenters. The molecule has 0 aliphatic carbocycles. The fourth-order valence-corrected chi connectivity index (χ4v) is 2.85. The van der Waals surface area contributed by atoms with Crippen LogP contribution < -0.4 is 11.1 Å². The van der Waals surface area contributed by atoms with Gasteiger partial charge >= 0.3 is 0 Å². The van der Waals surface area contributed by atoms with E-state index in [1.54, 1.807) is 29.7 Å². The summed E-state index contributed by atoms with van der Waals surface area (Å²) in [5.74, 6) is 0.804. The Balaban J connectivity index is 1.73. The number of nitrogens with zero attached hydrogens (tertiary/aromatic N) is 1. The van der Waals surface area contributed by atoms with Crippen LogP contribution >= 0.6 is 11.3 Å². The molecular weight excluding hydrogens is 270 g/mol. The van der Waals surface area contributed by atoms with E-state index in [9.17, 15) is 5.11 Å². The Morgan fingerprint density at radius 3 is 2.80 bits per heavy atom. The Bertz CT molecular complexity index is 708. The van der Waals surface area contributed by atoms with Gasteiger partial charge in [-0.05, 0) is 35.2 Å². The summed E-state index contributed by atoms with van der Waals surface area (Å²) in [6.07, 6.45) is 1.18. The van der Waals surface area contributed by atoms with E-state index in [-0.39, 0.29) is 0 Å². The predicted molar refractivity (Wildman–Crippen MR) is 83.9 cm³/mol. The van der Waals surface area contributed by atoms with Gasteiger partial charge in [0.1, 0.15) is 5.82 Å². The van der Waals surface area contributed by atoms with Crippen LogP contribution in [0.3, 0.4) is 0 Å². The van der Waals surface area contributed by atoms with Gasteiger partial charge in [-0.25, -0.2) is 4.98 Å². The van der Waals surface area contributed by atoms with Crippen molar-refractivity contribution >= 4 is 32.9 Å². The zero-order valence-corrected chi connectivity index (χ0v) is 11.6. The molecule has 2 aromatic heterocycles. The van der Waals surface area contributed by atoms with Crippen LogP contribution in [0.4, 0.5) is 11.5 Å². The number of nitrogens with one attached hydrogen (secondary N) is 1. The molecule has 0 spiro atoms. The van der Waals surface area contributed by atoms with E-state index in [4.69, 9.17) is 5.73 Å². The fourth-order valence-electron chi connectivity index (χ4n) is 2.06. The molecule has 0 amide bonds. The quantitative estimate of drug-likeness (QED) is 0.644. The average molecular weight is 285 g/mol. The number of anilines is 2. The molecule has 0 aliphatic rings. The summed E-state index contributed by atoms with van der Waals surface area (Å²) in [5.41, 5.74) is 7.17. The van der Waals surface area contributed by atoms with Crippen LogP contribution in [-0.2, 0) is 0 Å². The molecule has 5 heteroatoms. The van der Waals surface area contributed by atoms with Crippen LogP contribution in [0.15, 0.2) is 48.0 Å². The van der Waals surface area contributed by atoms with Crippen molar-refractivity contribution in [3.8, 4) is 0 Å². The van der Waals surface area contributed by atoms with Crippen molar-refractivity contribution in [2.24, 2.45) is 0 Å². The highest BCUT2D eigenvalue weighted by Crippen LogP contribution is 2.26. The number of pyridine rings is 1. The number of fused-ring (bicyclic) bond motifs is 1. The van der Waals surface area contributed by atoms with Gasteiger partial charge in [0.05, 0.1) is 6.10 Å². The third-order valence-corrected chi connectivity index (χ3v) is 4.05. The molecule has 20 heavy (non-hydrogen) atoms. The predicted octanol–water partition coefficient (Wildman–Crippen LogP) is 3.02. The van der Waals surface area contributed by atoms with Gasteiger partial charge in [-0.3, -0.25) is 0 Å². The van der Waals surface area contributed by atoms with Crippen molar-refractivity contribution in [2.75, 3.05) is 17.6 Å². The summed E-state index contributed by atoms with van der Waals surface area (Å²) in [5, 5.41) is 16.5. The van der Waals surface area contributed by atoms with E-state index < -0.39 is 6.10 Å². The number of thiophene rings is 1. The zero-order chi connectivity index (χ0) is 13.9. The van der Waals surface area contributed by atoms with E-state index in [2.05, 4.69) is 10.3 Å². The molecule has 1 atom stereocenters. The monoisotopic (exact) mass is 285 g/mol. The number of hydrogen-bond donors (Lipinski definition) is 3. The summed E-state index contributed by atoms with van der Waals surface area (Å²) in [6.45, 7) is 0.409. The fraction of sp³-hybridized carbons (Fsp3) is 0.133. The Kier molecular flexibility index (Phi) is 3.54. The molecule has 4 N–H and O–H groups in total. The molecule has 1 aromatic carbocycles. The van der Waals surface area contributed by atoms with E-state index in [0.717, 1.165) is 16.8 Å². The lowest BCUT2D eigenvalue weighted by atomic mass is 10.1. The van der Waals surface area contributed by atoms with Gasteiger partial charge in [0.25, 0.3) is 0 Å². The normalized spacial score (nSPS) is 12.4. The maximum atomic E-state index is 10.2. The zero-order valence-electron chi connectivity index (χ0n) is 10.8. The maximum Gasteiger partial charge on any atom is 0.134 e. The lowest BCUT2D eigenvalue weighted by molar-refractivity contribution is 0.191. The van der Waals surface area contributed by atoms with Crippen LogP contribution in [0, 0.1) is 0 Å². The van der Waals surface area contributed by atoms with E-state index in [1.165, 1.54) is 4.70 Å². The Hall–Kier alpha value is -2.11. The van der Waals surface area contributed by atoms with Gasteiger partial charge in [-0.15, -0.1) is 11.3 Å². The summed E-state index contributed by atoms with van der Waals surface area (Å²) in [4.78, 5) is 4.32. The molecule has 102 valence electrons. The number of aromatic nitrogens is 1. The van der Waals surface area contributed by atoms with Gasteiger partial charge in [0.2, 0.25) is 0 Å². The first-order chi connectivity index (χ1) is 9.74. The standard InChI is InChI=1S/C15H15N3OS/c16-11-3-1-10(2-4-11)13(19)9-18-15-12-6-8-20-14(12)5-7-17-15/h1-8,13,19H,9,16H2,(H,17,18). The number of benzene rings is 1. The van der Waals surface area contributed by atoms with Crippen molar-refractivity contribution in [1.29, 1.82) is 0 Å². The molecular formula is C15H15N3OS. The maximum absolute atomic E-state index is 10.2. The summed E-state index contributed by atoms with van der Waals surface area (Å²) >= 11 is 1.68. The van der Waals surface area contributed by atoms with Gasteiger partial charge < -0.3 is 16.2 Å². The number of nitrogen functional groups attached to an aromatic ring is 1. The number of rotatable bonds is 4. The highest BCUT2D eigenvalue weighted by atomic mass is 32.1. The highest BCUT2D eigenvalue weighted by Gasteiger charge is 2.09. The molecule has 2 heterocycles. The van der Waals surface area contributed by atoms with Gasteiger partial charge in [-0.2, -0.15) is 0 Å². The van der Waals surface area contributed by atoms with Gasteiger partial charge in [0, 0.05) is 28.5 Å². The van der Waals surface area contributed by atoms with Crippen molar-refractivity contribution in [2.45, 2.75) is 6.10 Å². The van der Waals surface area contributed by atoms with Crippen LogP contribution in [0.2, 0.25) is 0 Å². The molecule has 4 nitrogen and oxygen atoms in total. The minimum atomic E-state index is -0.591. The second-order valence-corrected chi connectivity index (χ2v) is 5.50. The molecule has 0 bridgehead atoms. The SMILES string of the molecule is Nc1ccc(C(O)CNc2nccc3sccc23)cc1. The smallest absolute Gasteiger partial charge is 0.134 e. The van der Waals surface area contributed by atoms with E-state index >= 15 is 0 Å². The highest BCUT2D eigenvalue weighted by molar-refractivity contribution is 7.17. The minimum Gasteiger partial charge on any atom is -0.399 e. The lowest BCUT2D eigenvalue weighted by Gasteiger charge is -2.13.